The van der Waals surface area contributed by atoms with Gasteiger partial charge in [-0.3, -0.25) is 0 Å². The first-order valence-corrected chi connectivity index (χ1v) is 6.83. The predicted octanol–water partition coefficient (Wildman–Crippen LogP) is 2.53. The largest absolute Gasteiger partial charge is 0.511 e. The van der Waals surface area contributed by atoms with Crippen molar-refractivity contribution in [3.8, 4) is 0 Å². The van der Waals surface area contributed by atoms with Gasteiger partial charge in [-0.25, -0.2) is 0 Å². The van der Waals surface area contributed by atoms with Crippen LogP contribution in [-0.4, -0.2) is 30.1 Å². The summed E-state index contributed by atoms with van der Waals surface area (Å²) in [5.74, 6) is 0. The van der Waals surface area contributed by atoms with Gasteiger partial charge in [-0.15, -0.1) is 0 Å². The van der Waals surface area contributed by atoms with Crippen LogP contribution in [0, 0.1) is 0 Å². The van der Waals surface area contributed by atoms with Crippen molar-refractivity contribution in [3.05, 3.63) is 22.8 Å². The molecule has 1 unspecified atom stereocenters. The molecule has 0 saturated carbocycles. The molecule has 0 fully saturated rings. The van der Waals surface area contributed by atoms with Crippen LogP contribution in [0.2, 0.25) is 5.54 Å². The molecular weight excluding hydrogens is 208 g/mol. The molecule has 3 nitrogen and oxygen atoms in total. The quantitative estimate of drug-likeness (QED) is 0.692. The van der Waals surface area contributed by atoms with E-state index in [2.05, 4.69) is 26.8 Å². The average molecular weight is 228 g/mol. The highest BCUT2D eigenvalue weighted by atomic mass is 28.4. The highest BCUT2D eigenvalue weighted by molar-refractivity contribution is 6.64. The van der Waals surface area contributed by atoms with E-state index in [4.69, 9.17) is 13.3 Å². The second-order valence-electron chi connectivity index (χ2n) is 3.90. The molecule has 1 atom stereocenters. The van der Waals surface area contributed by atoms with Crippen molar-refractivity contribution in [2.45, 2.75) is 26.3 Å². The number of allylic oxidation sites excluding steroid dienone is 4. The molecular formula is C11H20O3Si. The molecule has 0 aromatic carbocycles. The number of hydrogen-bond donors (Lipinski definition) is 0. The van der Waals surface area contributed by atoms with Crippen LogP contribution in [0.5, 0.6) is 0 Å². The van der Waals surface area contributed by atoms with Gasteiger partial charge in [0, 0.05) is 21.3 Å². The van der Waals surface area contributed by atoms with E-state index in [1.165, 1.54) is 16.7 Å². The molecule has 1 aliphatic rings. The van der Waals surface area contributed by atoms with Crippen molar-refractivity contribution in [3.63, 3.8) is 0 Å². The zero-order chi connectivity index (χ0) is 11.6. The monoisotopic (exact) mass is 228 g/mol. The van der Waals surface area contributed by atoms with Gasteiger partial charge < -0.3 is 13.3 Å². The SMILES string of the molecule is CO[Si](OC)(OC)C1C(C)=CC(C)=C1C. The summed E-state index contributed by atoms with van der Waals surface area (Å²) in [5, 5.41) is 0. The van der Waals surface area contributed by atoms with Gasteiger partial charge in [-0.2, -0.15) is 0 Å². The van der Waals surface area contributed by atoms with Crippen LogP contribution in [0.15, 0.2) is 22.8 Å². The van der Waals surface area contributed by atoms with Crippen molar-refractivity contribution in [1.29, 1.82) is 0 Å². The van der Waals surface area contributed by atoms with Gasteiger partial charge in [0.15, 0.2) is 0 Å². The molecule has 86 valence electrons. The van der Waals surface area contributed by atoms with Crippen LogP contribution in [0.1, 0.15) is 20.8 Å². The van der Waals surface area contributed by atoms with Crippen molar-refractivity contribution < 1.29 is 13.3 Å². The molecule has 0 N–H and O–H groups in total. The summed E-state index contributed by atoms with van der Waals surface area (Å²) in [6.07, 6.45) is 2.18. The molecule has 15 heavy (non-hydrogen) atoms. The van der Waals surface area contributed by atoms with E-state index in [0.29, 0.717) is 0 Å². The van der Waals surface area contributed by atoms with Gasteiger partial charge in [-0.1, -0.05) is 22.8 Å². The lowest BCUT2D eigenvalue weighted by Gasteiger charge is -2.32. The van der Waals surface area contributed by atoms with E-state index in [9.17, 15) is 0 Å². The molecule has 0 radical (unpaired) electrons. The fourth-order valence-electron chi connectivity index (χ4n) is 2.26. The lowest BCUT2D eigenvalue weighted by atomic mass is 10.1. The van der Waals surface area contributed by atoms with Crippen LogP contribution in [-0.2, 0) is 13.3 Å². The van der Waals surface area contributed by atoms with Gasteiger partial charge in [0.1, 0.15) is 0 Å². The molecule has 0 spiro atoms. The summed E-state index contributed by atoms with van der Waals surface area (Å²) in [6.45, 7) is 6.33. The summed E-state index contributed by atoms with van der Waals surface area (Å²) in [7, 11) is 2.40. The van der Waals surface area contributed by atoms with Gasteiger partial charge >= 0.3 is 8.80 Å². The Bertz CT molecular complexity index is 295. The average Bonchev–Trinajstić information content (AvgIpc) is 2.48. The third-order valence-electron chi connectivity index (χ3n) is 3.16. The smallest absolute Gasteiger partial charge is 0.376 e. The molecule has 4 heteroatoms. The molecule has 1 rings (SSSR count). The first-order chi connectivity index (χ1) is 7.02. The van der Waals surface area contributed by atoms with Crippen molar-refractivity contribution in [2.75, 3.05) is 21.3 Å². The molecule has 0 amide bonds. The number of rotatable bonds is 4. The minimum Gasteiger partial charge on any atom is -0.376 e. The minimum absolute atomic E-state index is 0.178. The highest BCUT2D eigenvalue weighted by Gasteiger charge is 2.50. The van der Waals surface area contributed by atoms with Crippen LogP contribution in [0.4, 0.5) is 0 Å². The Labute approximate surface area is 93.1 Å². The van der Waals surface area contributed by atoms with E-state index >= 15 is 0 Å². The summed E-state index contributed by atoms with van der Waals surface area (Å²) < 4.78 is 16.6. The van der Waals surface area contributed by atoms with Gasteiger partial charge in [-0.05, 0) is 20.8 Å². The van der Waals surface area contributed by atoms with E-state index in [0.717, 1.165) is 0 Å². The van der Waals surface area contributed by atoms with E-state index in [-0.39, 0.29) is 5.54 Å². The summed E-state index contributed by atoms with van der Waals surface area (Å²) in [6, 6.07) is 0. The molecule has 0 aromatic heterocycles. The Hall–Kier alpha value is -0.423. The Morgan fingerprint density at radius 3 is 1.73 bits per heavy atom. The summed E-state index contributed by atoms with van der Waals surface area (Å²) in [4.78, 5) is 0. The second-order valence-corrected chi connectivity index (χ2v) is 6.91. The molecule has 1 aliphatic carbocycles. The lowest BCUT2D eigenvalue weighted by molar-refractivity contribution is 0.119. The van der Waals surface area contributed by atoms with Crippen molar-refractivity contribution in [1.82, 2.24) is 0 Å². The maximum atomic E-state index is 5.53. The Kier molecular flexibility index (Phi) is 3.89. The molecule has 0 bridgehead atoms. The van der Waals surface area contributed by atoms with Gasteiger partial charge in [0.25, 0.3) is 0 Å². The third-order valence-corrected chi connectivity index (χ3v) is 6.46. The van der Waals surface area contributed by atoms with E-state index in [1.54, 1.807) is 21.3 Å². The predicted molar refractivity (Wildman–Crippen MR) is 62.7 cm³/mol. The maximum Gasteiger partial charge on any atom is 0.511 e. The van der Waals surface area contributed by atoms with Crippen LogP contribution < -0.4 is 0 Å². The number of hydrogen-bond acceptors (Lipinski definition) is 3. The van der Waals surface area contributed by atoms with Gasteiger partial charge in [0.2, 0.25) is 0 Å². The zero-order valence-corrected chi connectivity index (χ0v) is 11.4. The van der Waals surface area contributed by atoms with Crippen molar-refractivity contribution >= 4 is 8.80 Å². The Morgan fingerprint density at radius 1 is 1.00 bits per heavy atom. The zero-order valence-electron chi connectivity index (χ0n) is 10.4. The molecule has 0 heterocycles. The van der Waals surface area contributed by atoms with Crippen molar-refractivity contribution in [2.24, 2.45) is 0 Å². The Balaban J connectivity index is 3.11. The first-order valence-electron chi connectivity index (χ1n) is 5.03. The molecule has 0 aliphatic heterocycles. The standard InChI is InChI=1S/C11H20O3Si/c1-8-7-9(2)11(10(8)3)15(12-4,13-5)14-6/h7,11H,1-6H3. The van der Waals surface area contributed by atoms with Crippen LogP contribution in [0.25, 0.3) is 0 Å². The fourth-order valence-corrected chi connectivity index (χ4v) is 4.86. The topological polar surface area (TPSA) is 27.7 Å². The normalized spacial score (nSPS) is 22.3. The maximum absolute atomic E-state index is 5.53. The highest BCUT2D eigenvalue weighted by Crippen LogP contribution is 2.43. The minimum atomic E-state index is -2.58. The van der Waals surface area contributed by atoms with Crippen LogP contribution >= 0.6 is 0 Å². The molecule has 0 aromatic rings. The van der Waals surface area contributed by atoms with Gasteiger partial charge in [0.05, 0.1) is 5.54 Å². The second kappa shape index (κ2) is 4.61. The van der Waals surface area contributed by atoms with E-state index < -0.39 is 8.80 Å². The third kappa shape index (κ3) is 1.95. The first kappa shape index (κ1) is 12.6. The Morgan fingerprint density at radius 2 is 1.47 bits per heavy atom. The lowest BCUT2D eigenvalue weighted by Crippen LogP contribution is -2.48. The summed E-state index contributed by atoms with van der Waals surface area (Å²) in [5.41, 5.74) is 4.03. The van der Waals surface area contributed by atoms with Crippen LogP contribution in [0.3, 0.4) is 0 Å². The fraction of sp³-hybridized carbons (Fsp3) is 0.636. The molecule has 0 saturated heterocycles. The summed E-state index contributed by atoms with van der Waals surface area (Å²) >= 11 is 0. The van der Waals surface area contributed by atoms with E-state index in [1.807, 2.05) is 0 Å².